The lowest BCUT2D eigenvalue weighted by molar-refractivity contribution is 0.0729. The lowest BCUT2D eigenvalue weighted by Gasteiger charge is -2.11. The number of esters is 1. The molecule has 0 saturated heterocycles. The van der Waals surface area contributed by atoms with E-state index in [1.807, 2.05) is 6.07 Å². The van der Waals surface area contributed by atoms with Gasteiger partial charge in [-0.2, -0.15) is 0 Å². The average Bonchev–Trinajstić information content (AvgIpc) is 2.63. The molecule has 0 aliphatic rings. The van der Waals surface area contributed by atoms with Gasteiger partial charge in [-0.25, -0.2) is 4.79 Å². The van der Waals surface area contributed by atoms with Crippen molar-refractivity contribution in [1.82, 2.24) is 0 Å². The molecule has 0 atom stereocenters. The standard InChI is InChI=1S/C20H23BrO4/c1-3-4-5-8-13-24-17-12-11-15(14-16(17)21)20(22)25-19-10-7-6-9-18(19)23-2/h6-7,9-12,14H,3-5,8,13H2,1-2H3. The maximum absolute atomic E-state index is 12.3. The minimum absolute atomic E-state index is 0.391. The molecule has 2 aromatic carbocycles. The van der Waals surface area contributed by atoms with Crippen molar-refractivity contribution >= 4 is 21.9 Å². The molecule has 0 aromatic heterocycles. The largest absolute Gasteiger partial charge is 0.493 e. The predicted octanol–water partition coefficient (Wildman–Crippen LogP) is 5.64. The Hall–Kier alpha value is -2.01. The first-order valence-corrected chi connectivity index (χ1v) is 9.22. The van der Waals surface area contributed by atoms with Crippen molar-refractivity contribution in [3.63, 3.8) is 0 Å². The maximum atomic E-state index is 12.3. The Morgan fingerprint density at radius 3 is 2.44 bits per heavy atom. The zero-order chi connectivity index (χ0) is 18.1. The molecule has 0 heterocycles. The van der Waals surface area contributed by atoms with Gasteiger partial charge < -0.3 is 14.2 Å². The second-order valence-corrected chi connectivity index (χ2v) is 6.45. The number of carbonyl (C=O) groups excluding carboxylic acids is 1. The Bertz CT molecular complexity index is 700. The molecule has 0 bridgehead atoms. The van der Waals surface area contributed by atoms with E-state index in [1.54, 1.807) is 36.4 Å². The fourth-order valence-corrected chi connectivity index (χ4v) is 2.81. The number of para-hydroxylation sites is 2. The van der Waals surface area contributed by atoms with Crippen molar-refractivity contribution < 1.29 is 19.0 Å². The van der Waals surface area contributed by atoms with Gasteiger partial charge in [0.05, 0.1) is 23.8 Å². The fourth-order valence-electron chi connectivity index (χ4n) is 2.32. The fraction of sp³-hybridized carbons (Fsp3) is 0.350. The molecule has 0 aliphatic heterocycles. The molecule has 0 radical (unpaired) electrons. The SMILES string of the molecule is CCCCCCOc1ccc(C(=O)Oc2ccccc2OC)cc1Br. The second-order valence-electron chi connectivity index (χ2n) is 5.59. The molecule has 0 saturated carbocycles. The van der Waals surface area contributed by atoms with E-state index in [2.05, 4.69) is 22.9 Å². The van der Waals surface area contributed by atoms with Gasteiger partial charge in [-0.3, -0.25) is 0 Å². The smallest absolute Gasteiger partial charge is 0.343 e. The van der Waals surface area contributed by atoms with Crippen molar-refractivity contribution in [2.45, 2.75) is 32.6 Å². The second kappa shape index (κ2) is 10.1. The molecule has 25 heavy (non-hydrogen) atoms. The summed E-state index contributed by atoms with van der Waals surface area (Å²) < 4.78 is 17.1. The monoisotopic (exact) mass is 406 g/mol. The number of halogens is 1. The summed E-state index contributed by atoms with van der Waals surface area (Å²) in [6.07, 6.45) is 4.61. The molecule has 4 nitrogen and oxygen atoms in total. The van der Waals surface area contributed by atoms with Gasteiger partial charge in [0.1, 0.15) is 5.75 Å². The number of unbranched alkanes of at least 4 members (excludes halogenated alkanes) is 3. The summed E-state index contributed by atoms with van der Waals surface area (Å²) in [5.74, 6) is 1.19. The quantitative estimate of drug-likeness (QED) is 0.307. The third kappa shape index (κ3) is 5.78. The highest BCUT2D eigenvalue weighted by molar-refractivity contribution is 9.10. The minimum Gasteiger partial charge on any atom is -0.493 e. The summed E-state index contributed by atoms with van der Waals surface area (Å²) in [7, 11) is 1.54. The van der Waals surface area contributed by atoms with Crippen LogP contribution in [0.2, 0.25) is 0 Å². The predicted molar refractivity (Wildman–Crippen MR) is 102 cm³/mol. The van der Waals surface area contributed by atoms with Gasteiger partial charge in [0.25, 0.3) is 0 Å². The van der Waals surface area contributed by atoms with E-state index in [9.17, 15) is 4.79 Å². The van der Waals surface area contributed by atoms with Crippen LogP contribution < -0.4 is 14.2 Å². The van der Waals surface area contributed by atoms with E-state index >= 15 is 0 Å². The minimum atomic E-state index is -0.445. The first-order chi connectivity index (χ1) is 12.2. The van der Waals surface area contributed by atoms with Crippen LogP contribution in [0.3, 0.4) is 0 Å². The van der Waals surface area contributed by atoms with Gasteiger partial charge >= 0.3 is 5.97 Å². The van der Waals surface area contributed by atoms with E-state index < -0.39 is 5.97 Å². The zero-order valence-corrected chi connectivity index (χ0v) is 16.2. The van der Waals surface area contributed by atoms with Gasteiger partial charge in [0.2, 0.25) is 0 Å². The third-order valence-corrected chi connectivity index (χ3v) is 4.31. The average molecular weight is 407 g/mol. The van der Waals surface area contributed by atoms with Crippen LogP contribution >= 0.6 is 15.9 Å². The van der Waals surface area contributed by atoms with Gasteiger partial charge in [-0.15, -0.1) is 0 Å². The van der Waals surface area contributed by atoms with Crippen LogP contribution in [-0.4, -0.2) is 19.7 Å². The number of ether oxygens (including phenoxy) is 3. The Balaban J connectivity index is 1.98. The van der Waals surface area contributed by atoms with Crippen molar-refractivity contribution in [1.29, 1.82) is 0 Å². The van der Waals surface area contributed by atoms with Gasteiger partial charge in [-0.05, 0) is 52.7 Å². The highest BCUT2D eigenvalue weighted by atomic mass is 79.9. The summed E-state index contributed by atoms with van der Waals surface area (Å²) in [6.45, 7) is 2.85. The highest BCUT2D eigenvalue weighted by Crippen LogP contribution is 2.29. The summed E-state index contributed by atoms with van der Waals surface area (Å²) in [4.78, 5) is 12.3. The van der Waals surface area contributed by atoms with E-state index in [0.29, 0.717) is 23.7 Å². The molecule has 0 amide bonds. The number of hydrogen-bond donors (Lipinski definition) is 0. The Labute approximate surface area is 157 Å². The third-order valence-electron chi connectivity index (χ3n) is 3.69. The number of benzene rings is 2. The molecule has 2 rings (SSSR count). The maximum Gasteiger partial charge on any atom is 0.343 e. The van der Waals surface area contributed by atoms with E-state index in [4.69, 9.17) is 14.2 Å². The summed E-state index contributed by atoms with van der Waals surface area (Å²) >= 11 is 3.45. The number of rotatable bonds is 9. The normalized spacial score (nSPS) is 10.4. The Kier molecular flexibility index (Phi) is 7.79. The van der Waals surface area contributed by atoms with E-state index in [-0.39, 0.29) is 0 Å². The first kappa shape index (κ1) is 19.3. The van der Waals surface area contributed by atoms with Crippen LogP contribution in [0.4, 0.5) is 0 Å². The van der Waals surface area contributed by atoms with Crippen LogP contribution in [0.1, 0.15) is 43.0 Å². The van der Waals surface area contributed by atoms with Crippen molar-refractivity contribution in [3.8, 4) is 17.2 Å². The summed E-state index contributed by atoms with van der Waals surface area (Å²) in [5.41, 5.74) is 0.441. The van der Waals surface area contributed by atoms with Crippen LogP contribution in [0.15, 0.2) is 46.9 Å². The molecule has 5 heteroatoms. The summed E-state index contributed by atoms with van der Waals surface area (Å²) in [5, 5.41) is 0. The van der Waals surface area contributed by atoms with Crippen molar-refractivity contribution in [2.75, 3.05) is 13.7 Å². The lowest BCUT2D eigenvalue weighted by atomic mass is 10.2. The van der Waals surface area contributed by atoms with Gasteiger partial charge in [0.15, 0.2) is 11.5 Å². The molecular weight excluding hydrogens is 384 g/mol. The molecule has 134 valence electrons. The summed E-state index contributed by atoms with van der Waals surface area (Å²) in [6, 6.07) is 12.2. The number of carbonyl (C=O) groups is 1. The van der Waals surface area contributed by atoms with Crippen LogP contribution in [0.25, 0.3) is 0 Å². The van der Waals surface area contributed by atoms with E-state index in [0.717, 1.165) is 23.1 Å². The molecule has 0 unspecified atom stereocenters. The molecule has 0 aliphatic carbocycles. The van der Waals surface area contributed by atoms with Crippen molar-refractivity contribution in [2.24, 2.45) is 0 Å². The van der Waals surface area contributed by atoms with Crippen LogP contribution in [-0.2, 0) is 0 Å². The lowest BCUT2D eigenvalue weighted by Crippen LogP contribution is -2.09. The van der Waals surface area contributed by atoms with E-state index in [1.165, 1.54) is 20.0 Å². The van der Waals surface area contributed by atoms with Crippen molar-refractivity contribution in [3.05, 3.63) is 52.5 Å². The molecular formula is C20H23BrO4. The zero-order valence-electron chi connectivity index (χ0n) is 14.6. The Morgan fingerprint density at radius 1 is 1.00 bits per heavy atom. The Morgan fingerprint density at radius 2 is 1.76 bits per heavy atom. The molecule has 2 aromatic rings. The number of hydrogen-bond acceptors (Lipinski definition) is 4. The number of methoxy groups -OCH3 is 1. The molecule has 0 N–H and O–H groups in total. The highest BCUT2D eigenvalue weighted by Gasteiger charge is 2.14. The van der Waals surface area contributed by atoms with Gasteiger partial charge in [-0.1, -0.05) is 38.3 Å². The molecule has 0 spiro atoms. The topological polar surface area (TPSA) is 44.8 Å². The van der Waals surface area contributed by atoms with Crippen LogP contribution in [0, 0.1) is 0 Å². The van der Waals surface area contributed by atoms with Crippen LogP contribution in [0.5, 0.6) is 17.2 Å². The molecule has 0 fully saturated rings. The van der Waals surface area contributed by atoms with Gasteiger partial charge in [0, 0.05) is 0 Å². The first-order valence-electron chi connectivity index (χ1n) is 8.43.